The van der Waals surface area contributed by atoms with Crippen LogP contribution in [0.5, 0.6) is 5.75 Å². The van der Waals surface area contributed by atoms with Gasteiger partial charge < -0.3 is 19.4 Å². The first kappa shape index (κ1) is 19.6. The summed E-state index contributed by atoms with van der Waals surface area (Å²) < 4.78 is 5.49. The first-order valence-electron chi connectivity index (χ1n) is 10.4. The van der Waals surface area contributed by atoms with Crippen molar-refractivity contribution >= 4 is 11.7 Å². The molecule has 2 aromatic carbocycles. The van der Waals surface area contributed by atoms with E-state index in [1.54, 1.807) is 7.11 Å². The van der Waals surface area contributed by atoms with Crippen LogP contribution in [0.1, 0.15) is 5.56 Å². The molecular weight excluding hydrogens is 364 g/mol. The third-order valence-electron chi connectivity index (χ3n) is 5.87. The molecule has 0 bridgehead atoms. The van der Waals surface area contributed by atoms with Gasteiger partial charge in [0.25, 0.3) is 0 Å². The van der Waals surface area contributed by atoms with Gasteiger partial charge in [0.05, 0.1) is 12.8 Å². The Hall–Kier alpha value is -2.73. The monoisotopic (exact) mass is 394 g/mol. The highest BCUT2D eigenvalue weighted by molar-refractivity contribution is 5.75. The van der Waals surface area contributed by atoms with Gasteiger partial charge in [-0.05, 0) is 17.7 Å². The van der Waals surface area contributed by atoms with Crippen molar-refractivity contribution in [1.82, 2.24) is 14.7 Å². The van der Waals surface area contributed by atoms with Crippen LogP contribution in [0.2, 0.25) is 0 Å². The number of carbonyl (C=O) groups excluding carboxylic acids is 1. The van der Waals surface area contributed by atoms with Gasteiger partial charge in [0.1, 0.15) is 5.75 Å². The van der Waals surface area contributed by atoms with Crippen LogP contribution in [0.4, 0.5) is 10.5 Å². The number of piperazine rings is 2. The SMILES string of the molecule is COc1ccccc1N1CCN(C(=O)N2CCN(Cc3ccccc3)CC2)CC1. The molecule has 154 valence electrons. The molecule has 2 heterocycles. The fourth-order valence-electron chi connectivity index (χ4n) is 4.17. The van der Waals surface area contributed by atoms with E-state index in [1.807, 2.05) is 34.1 Å². The molecule has 0 atom stereocenters. The minimum Gasteiger partial charge on any atom is -0.495 e. The molecule has 2 amide bonds. The van der Waals surface area contributed by atoms with Crippen LogP contribution in [0.3, 0.4) is 0 Å². The number of rotatable bonds is 4. The smallest absolute Gasteiger partial charge is 0.320 e. The number of urea groups is 1. The molecule has 2 saturated heterocycles. The van der Waals surface area contributed by atoms with Crippen molar-refractivity contribution in [3.05, 3.63) is 60.2 Å². The summed E-state index contributed by atoms with van der Waals surface area (Å²) in [6.07, 6.45) is 0. The molecule has 2 aliphatic rings. The van der Waals surface area contributed by atoms with Crippen LogP contribution in [0.15, 0.2) is 54.6 Å². The van der Waals surface area contributed by atoms with Crippen LogP contribution in [-0.4, -0.2) is 80.2 Å². The van der Waals surface area contributed by atoms with Gasteiger partial charge >= 0.3 is 6.03 Å². The predicted octanol–water partition coefficient (Wildman–Crippen LogP) is 2.76. The molecular formula is C23H30N4O2. The normalized spacial score (nSPS) is 18.0. The second-order valence-corrected chi connectivity index (χ2v) is 7.68. The maximum atomic E-state index is 13.0. The first-order valence-corrected chi connectivity index (χ1v) is 10.4. The summed E-state index contributed by atoms with van der Waals surface area (Å²) in [6.45, 7) is 7.60. The summed E-state index contributed by atoms with van der Waals surface area (Å²) in [5.74, 6) is 0.891. The Bertz CT molecular complexity index is 798. The highest BCUT2D eigenvalue weighted by Gasteiger charge is 2.28. The molecule has 0 aliphatic carbocycles. The number of para-hydroxylation sites is 2. The summed E-state index contributed by atoms with van der Waals surface area (Å²) in [5.41, 5.74) is 2.44. The molecule has 6 nitrogen and oxygen atoms in total. The molecule has 0 saturated carbocycles. The van der Waals surface area contributed by atoms with E-state index in [1.165, 1.54) is 5.56 Å². The van der Waals surface area contributed by atoms with Gasteiger partial charge in [-0.15, -0.1) is 0 Å². The summed E-state index contributed by atoms with van der Waals surface area (Å²) in [4.78, 5) is 21.7. The highest BCUT2D eigenvalue weighted by Crippen LogP contribution is 2.28. The van der Waals surface area contributed by atoms with Crippen molar-refractivity contribution in [2.45, 2.75) is 6.54 Å². The first-order chi connectivity index (χ1) is 14.2. The molecule has 0 N–H and O–H groups in total. The Labute approximate surface area is 173 Å². The van der Waals surface area contributed by atoms with Gasteiger partial charge in [0, 0.05) is 58.9 Å². The average Bonchev–Trinajstić information content (AvgIpc) is 2.80. The van der Waals surface area contributed by atoms with E-state index in [0.29, 0.717) is 0 Å². The quantitative estimate of drug-likeness (QED) is 0.800. The summed E-state index contributed by atoms with van der Waals surface area (Å²) in [5, 5.41) is 0. The van der Waals surface area contributed by atoms with E-state index in [-0.39, 0.29) is 6.03 Å². The minimum absolute atomic E-state index is 0.184. The summed E-state index contributed by atoms with van der Waals surface area (Å²) >= 11 is 0. The van der Waals surface area contributed by atoms with E-state index in [4.69, 9.17) is 4.74 Å². The lowest BCUT2D eigenvalue weighted by Crippen LogP contribution is -2.56. The lowest BCUT2D eigenvalue weighted by molar-refractivity contribution is 0.108. The zero-order valence-corrected chi connectivity index (χ0v) is 17.2. The van der Waals surface area contributed by atoms with Crippen molar-refractivity contribution in [1.29, 1.82) is 0 Å². The minimum atomic E-state index is 0.184. The molecule has 0 spiro atoms. The van der Waals surface area contributed by atoms with E-state index < -0.39 is 0 Å². The number of benzene rings is 2. The number of carbonyl (C=O) groups is 1. The van der Waals surface area contributed by atoms with Crippen molar-refractivity contribution in [3.63, 3.8) is 0 Å². The number of amides is 2. The third kappa shape index (κ3) is 4.65. The Morgan fingerprint density at radius 3 is 2.03 bits per heavy atom. The van der Waals surface area contributed by atoms with E-state index in [9.17, 15) is 4.79 Å². The van der Waals surface area contributed by atoms with Crippen molar-refractivity contribution < 1.29 is 9.53 Å². The molecule has 4 rings (SSSR count). The maximum absolute atomic E-state index is 13.0. The molecule has 0 aromatic heterocycles. The third-order valence-corrected chi connectivity index (χ3v) is 5.87. The number of ether oxygens (including phenoxy) is 1. The Morgan fingerprint density at radius 1 is 0.793 bits per heavy atom. The standard InChI is InChI=1S/C23H30N4O2/c1-29-22-10-6-5-9-21(22)25-15-17-27(18-16-25)23(28)26-13-11-24(12-14-26)19-20-7-3-2-4-8-20/h2-10H,11-19H2,1H3. The largest absolute Gasteiger partial charge is 0.495 e. The van der Waals surface area contributed by atoms with Gasteiger partial charge in [-0.2, -0.15) is 0 Å². The maximum Gasteiger partial charge on any atom is 0.320 e. The van der Waals surface area contributed by atoms with Gasteiger partial charge in [-0.1, -0.05) is 42.5 Å². The second-order valence-electron chi connectivity index (χ2n) is 7.68. The van der Waals surface area contributed by atoms with Gasteiger partial charge in [-0.3, -0.25) is 4.90 Å². The van der Waals surface area contributed by atoms with Crippen LogP contribution in [0, 0.1) is 0 Å². The van der Waals surface area contributed by atoms with Crippen LogP contribution in [-0.2, 0) is 6.54 Å². The van der Waals surface area contributed by atoms with E-state index >= 15 is 0 Å². The number of nitrogens with zero attached hydrogens (tertiary/aromatic N) is 4. The average molecular weight is 395 g/mol. The molecule has 29 heavy (non-hydrogen) atoms. The number of hydrogen-bond acceptors (Lipinski definition) is 4. The predicted molar refractivity (Wildman–Crippen MR) is 115 cm³/mol. The molecule has 0 radical (unpaired) electrons. The second kappa shape index (κ2) is 9.18. The summed E-state index contributed by atoms with van der Waals surface area (Å²) in [6, 6.07) is 18.8. The lowest BCUT2D eigenvalue weighted by Gasteiger charge is -2.41. The zero-order valence-electron chi connectivity index (χ0n) is 17.2. The van der Waals surface area contributed by atoms with Crippen molar-refractivity contribution in [2.24, 2.45) is 0 Å². The van der Waals surface area contributed by atoms with Crippen LogP contribution in [0.25, 0.3) is 0 Å². The zero-order chi connectivity index (χ0) is 20.1. The number of anilines is 1. The Kier molecular flexibility index (Phi) is 6.20. The highest BCUT2D eigenvalue weighted by atomic mass is 16.5. The van der Waals surface area contributed by atoms with Crippen molar-refractivity contribution in [2.75, 3.05) is 64.4 Å². The molecule has 2 fully saturated rings. The Balaban J connectivity index is 1.26. The molecule has 6 heteroatoms. The topological polar surface area (TPSA) is 39.3 Å². The van der Waals surface area contributed by atoms with E-state index in [2.05, 4.69) is 40.1 Å². The number of methoxy groups -OCH3 is 1. The van der Waals surface area contributed by atoms with Crippen LogP contribution >= 0.6 is 0 Å². The molecule has 0 unspecified atom stereocenters. The molecule has 2 aliphatic heterocycles. The van der Waals surface area contributed by atoms with Gasteiger partial charge in [-0.25, -0.2) is 4.79 Å². The lowest BCUT2D eigenvalue weighted by atomic mass is 10.2. The Morgan fingerprint density at radius 2 is 1.38 bits per heavy atom. The van der Waals surface area contributed by atoms with Crippen LogP contribution < -0.4 is 9.64 Å². The molecule has 2 aromatic rings. The van der Waals surface area contributed by atoms with Gasteiger partial charge in [0.15, 0.2) is 0 Å². The van der Waals surface area contributed by atoms with Gasteiger partial charge in [0.2, 0.25) is 0 Å². The fraction of sp³-hybridized carbons (Fsp3) is 0.435. The number of hydrogen-bond donors (Lipinski definition) is 0. The van der Waals surface area contributed by atoms with Crippen molar-refractivity contribution in [3.8, 4) is 5.75 Å². The summed E-state index contributed by atoms with van der Waals surface area (Å²) in [7, 11) is 1.70. The fourth-order valence-corrected chi connectivity index (χ4v) is 4.17. The van der Waals surface area contributed by atoms with E-state index in [0.717, 1.165) is 70.3 Å².